The smallest absolute Gasteiger partial charge is 0.226 e. The van der Waals surface area contributed by atoms with Crippen LogP contribution in [0.2, 0.25) is 0 Å². The zero-order valence-corrected chi connectivity index (χ0v) is 13.8. The van der Waals surface area contributed by atoms with Crippen LogP contribution in [0.25, 0.3) is 0 Å². The molecule has 0 spiro atoms. The number of para-hydroxylation sites is 1. The largest absolute Gasteiger partial charge is 0.494 e. The second-order valence-electron chi connectivity index (χ2n) is 6.36. The third-order valence-corrected chi connectivity index (χ3v) is 4.58. The Bertz CT molecular complexity index is 824. The zero-order chi connectivity index (χ0) is 16.7. The van der Waals surface area contributed by atoms with Crippen LogP contribution >= 0.6 is 0 Å². The summed E-state index contributed by atoms with van der Waals surface area (Å²) in [5, 5.41) is 7.66. The van der Waals surface area contributed by atoms with Crippen LogP contribution in [0.5, 0.6) is 5.75 Å². The van der Waals surface area contributed by atoms with Crippen LogP contribution in [-0.2, 0) is 4.79 Å². The molecule has 6 nitrogen and oxygen atoms in total. The lowest BCUT2D eigenvalue weighted by Gasteiger charge is -2.34. The highest BCUT2D eigenvalue weighted by atomic mass is 16.5. The molecule has 4 rings (SSSR count). The maximum Gasteiger partial charge on any atom is 0.226 e. The van der Waals surface area contributed by atoms with Gasteiger partial charge in [0.25, 0.3) is 0 Å². The molecule has 0 unspecified atom stereocenters. The second-order valence-corrected chi connectivity index (χ2v) is 6.36. The van der Waals surface area contributed by atoms with Crippen molar-refractivity contribution in [2.24, 2.45) is 5.92 Å². The third kappa shape index (κ3) is 2.29. The predicted octanol–water partition coefficient (Wildman–Crippen LogP) is 2.94. The number of carbonyl (C=O) groups excluding carboxylic acids is 1. The van der Waals surface area contributed by atoms with E-state index in [4.69, 9.17) is 4.74 Å². The van der Waals surface area contributed by atoms with Gasteiger partial charge in [0.15, 0.2) is 5.78 Å². The molecule has 2 atom stereocenters. The first-order valence-electron chi connectivity index (χ1n) is 8.33. The average molecular weight is 324 g/mol. The van der Waals surface area contributed by atoms with Gasteiger partial charge in [0.05, 0.1) is 6.61 Å². The molecule has 1 N–H and O–H groups in total. The summed E-state index contributed by atoms with van der Waals surface area (Å²) in [5.74, 6) is 1.97. The SMILES string of the molecule is CCOc1ccccc1[C@H]1C2=C(C[C@H](C)CC2=O)Nc2ncnn21. The summed E-state index contributed by atoms with van der Waals surface area (Å²) in [6, 6.07) is 7.56. The van der Waals surface area contributed by atoms with Crippen molar-refractivity contribution in [2.45, 2.75) is 32.7 Å². The van der Waals surface area contributed by atoms with E-state index in [0.29, 0.717) is 24.9 Å². The number of anilines is 1. The molecule has 1 aromatic carbocycles. The number of Topliss-reactive ketones (excluding diaryl/α,β-unsaturated/α-hetero) is 1. The highest BCUT2D eigenvalue weighted by molar-refractivity contribution is 5.99. The molecule has 0 amide bonds. The molecule has 2 aliphatic rings. The van der Waals surface area contributed by atoms with Crippen molar-refractivity contribution in [3.8, 4) is 5.75 Å². The van der Waals surface area contributed by atoms with Gasteiger partial charge in [-0.2, -0.15) is 10.1 Å². The van der Waals surface area contributed by atoms with E-state index in [1.165, 1.54) is 6.33 Å². The van der Waals surface area contributed by atoms with Crippen molar-refractivity contribution in [3.63, 3.8) is 0 Å². The number of fused-ring (bicyclic) bond motifs is 1. The van der Waals surface area contributed by atoms with E-state index in [1.807, 2.05) is 31.2 Å². The monoisotopic (exact) mass is 324 g/mol. The minimum atomic E-state index is -0.290. The van der Waals surface area contributed by atoms with Crippen molar-refractivity contribution in [2.75, 3.05) is 11.9 Å². The van der Waals surface area contributed by atoms with Crippen LogP contribution in [0.15, 0.2) is 41.9 Å². The first-order valence-corrected chi connectivity index (χ1v) is 8.33. The van der Waals surface area contributed by atoms with E-state index in [9.17, 15) is 4.79 Å². The Morgan fingerprint density at radius 1 is 1.33 bits per heavy atom. The summed E-state index contributed by atoms with van der Waals surface area (Å²) >= 11 is 0. The van der Waals surface area contributed by atoms with Gasteiger partial charge in [-0.15, -0.1) is 0 Å². The van der Waals surface area contributed by atoms with E-state index in [-0.39, 0.29) is 11.8 Å². The average Bonchev–Trinajstić information content (AvgIpc) is 3.01. The summed E-state index contributed by atoms with van der Waals surface area (Å²) in [6.07, 6.45) is 2.93. The number of hydrogen-bond acceptors (Lipinski definition) is 5. The molecule has 0 fully saturated rings. The number of ketones is 1. The summed E-state index contributed by atoms with van der Waals surface area (Å²) in [5.41, 5.74) is 2.71. The van der Waals surface area contributed by atoms with Gasteiger partial charge in [0.1, 0.15) is 18.1 Å². The quantitative estimate of drug-likeness (QED) is 0.940. The lowest BCUT2D eigenvalue weighted by Crippen LogP contribution is -2.33. The molecule has 6 heteroatoms. The van der Waals surface area contributed by atoms with Gasteiger partial charge < -0.3 is 10.1 Å². The van der Waals surface area contributed by atoms with E-state index in [1.54, 1.807) is 4.68 Å². The highest BCUT2D eigenvalue weighted by Crippen LogP contribution is 2.43. The molecule has 1 aliphatic heterocycles. The number of rotatable bonds is 3. The lowest BCUT2D eigenvalue weighted by molar-refractivity contribution is -0.117. The lowest BCUT2D eigenvalue weighted by atomic mass is 9.81. The molecular weight excluding hydrogens is 304 g/mol. The number of allylic oxidation sites excluding steroid dienone is 2. The number of aromatic nitrogens is 3. The number of hydrogen-bond donors (Lipinski definition) is 1. The minimum absolute atomic E-state index is 0.175. The predicted molar refractivity (Wildman–Crippen MR) is 89.8 cm³/mol. The Balaban J connectivity index is 1.91. The van der Waals surface area contributed by atoms with Crippen molar-refractivity contribution < 1.29 is 9.53 Å². The maximum absolute atomic E-state index is 12.8. The van der Waals surface area contributed by atoms with Gasteiger partial charge in [-0.3, -0.25) is 4.79 Å². The normalized spacial score (nSPS) is 22.7. The molecule has 24 heavy (non-hydrogen) atoms. The molecule has 2 aromatic rings. The Kier molecular flexibility index (Phi) is 3.59. The van der Waals surface area contributed by atoms with E-state index >= 15 is 0 Å². The Labute approximate surface area is 140 Å². The Morgan fingerprint density at radius 3 is 3.00 bits per heavy atom. The molecule has 0 saturated carbocycles. The fourth-order valence-electron chi connectivity index (χ4n) is 3.63. The number of benzene rings is 1. The van der Waals surface area contributed by atoms with Crippen LogP contribution < -0.4 is 10.1 Å². The van der Waals surface area contributed by atoms with E-state index in [0.717, 1.165) is 29.0 Å². The molecule has 0 radical (unpaired) electrons. The van der Waals surface area contributed by atoms with Crippen LogP contribution in [0.1, 0.15) is 38.3 Å². The summed E-state index contributed by atoms with van der Waals surface area (Å²) in [6.45, 7) is 4.63. The molecule has 2 heterocycles. The van der Waals surface area contributed by atoms with Gasteiger partial charge in [-0.25, -0.2) is 4.68 Å². The molecule has 1 aliphatic carbocycles. The Morgan fingerprint density at radius 2 is 2.17 bits per heavy atom. The molecular formula is C18H20N4O2. The van der Waals surface area contributed by atoms with Crippen LogP contribution in [-0.4, -0.2) is 27.2 Å². The Hall–Kier alpha value is -2.63. The number of ether oxygens (including phenoxy) is 1. The summed E-state index contributed by atoms with van der Waals surface area (Å²) in [7, 11) is 0. The fourth-order valence-corrected chi connectivity index (χ4v) is 3.63. The molecule has 124 valence electrons. The van der Waals surface area contributed by atoms with E-state index in [2.05, 4.69) is 22.3 Å². The molecule has 0 saturated heterocycles. The standard InChI is InChI=1S/C18H20N4O2/c1-3-24-15-7-5-4-6-12(15)17-16-13(8-11(2)9-14(16)23)21-18-19-10-20-22(17)18/h4-7,10-11,17H,3,8-9H2,1-2H3,(H,19,20,21)/t11-,17-/m0/s1. The summed E-state index contributed by atoms with van der Waals surface area (Å²) in [4.78, 5) is 17.1. The van der Waals surface area contributed by atoms with Crippen LogP contribution in [0.3, 0.4) is 0 Å². The molecule has 0 bridgehead atoms. The highest BCUT2D eigenvalue weighted by Gasteiger charge is 2.38. The van der Waals surface area contributed by atoms with Crippen molar-refractivity contribution >= 4 is 11.7 Å². The molecule has 1 aromatic heterocycles. The minimum Gasteiger partial charge on any atom is -0.494 e. The van der Waals surface area contributed by atoms with Gasteiger partial charge in [0, 0.05) is 23.3 Å². The van der Waals surface area contributed by atoms with Gasteiger partial charge >= 0.3 is 0 Å². The number of nitrogens with one attached hydrogen (secondary N) is 1. The van der Waals surface area contributed by atoms with Crippen LogP contribution in [0, 0.1) is 5.92 Å². The van der Waals surface area contributed by atoms with Crippen molar-refractivity contribution in [1.82, 2.24) is 14.8 Å². The van der Waals surface area contributed by atoms with Crippen molar-refractivity contribution in [3.05, 3.63) is 47.4 Å². The van der Waals surface area contributed by atoms with Gasteiger partial charge in [-0.05, 0) is 25.3 Å². The second kappa shape index (κ2) is 5.78. The van der Waals surface area contributed by atoms with Gasteiger partial charge in [-0.1, -0.05) is 25.1 Å². The fraction of sp³-hybridized carbons (Fsp3) is 0.389. The van der Waals surface area contributed by atoms with Crippen LogP contribution in [0.4, 0.5) is 5.95 Å². The summed E-state index contributed by atoms with van der Waals surface area (Å²) < 4.78 is 7.58. The first kappa shape index (κ1) is 14.9. The van der Waals surface area contributed by atoms with Crippen molar-refractivity contribution in [1.29, 1.82) is 0 Å². The topological polar surface area (TPSA) is 69.0 Å². The number of nitrogens with zero attached hydrogens (tertiary/aromatic N) is 3. The maximum atomic E-state index is 12.8. The van der Waals surface area contributed by atoms with Gasteiger partial charge in [0.2, 0.25) is 5.95 Å². The first-order chi connectivity index (χ1) is 11.7. The van der Waals surface area contributed by atoms with E-state index < -0.39 is 0 Å². The zero-order valence-electron chi connectivity index (χ0n) is 13.8. The number of carbonyl (C=O) groups is 1. The third-order valence-electron chi connectivity index (χ3n) is 4.58.